The van der Waals surface area contributed by atoms with Crippen LogP contribution in [0.3, 0.4) is 0 Å². The number of carbonyl (C=O) groups is 2. The average molecular weight is 525 g/mol. The quantitative estimate of drug-likeness (QED) is 0.217. The lowest BCUT2D eigenvalue weighted by atomic mass is 9.94. The van der Waals surface area contributed by atoms with Crippen LogP contribution in [0.15, 0.2) is 72.3 Å². The van der Waals surface area contributed by atoms with Gasteiger partial charge in [0, 0.05) is 35.1 Å². The van der Waals surface area contributed by atoms with Crippen molar-refractivity contribution in [3.05, 3.63) is 93.5 Å². The van der Waals surface area contributed by atoms with E-state index in [1.165, 1.54) is 18.1 Å². The largest absolute Gasteiger partial charge is 0.507 e. The molecular weight excluding hydrogens is 499 g/mol. The van der Waals surface area contributed by atoms with Crippen molar-refractivity contribution in [3.63, 3.8) is 0 Å². The van der Waals surface area contributed by atoms with Crippen molar-refractivity contribution in [1.29, 1.82) is 0 Å². The number of Topliss-reactive ketones (excluding diaryl/α,β-unsaturated/α-hetero) is 1. The summed E-state index contributed by atoms with van der Waals surface area (Å²) in [4.78, 5) is 30.3. The van der Waals surface area contributed by atoms with E-state index < -0.39 is 17.7 Å². The van der Waals surface area contributed by atoms with Crippen LogP contribution in [0.2, 0.25) is 10.0 Å². The summed E-state index contributed by atoms with van der Waals surface area (Å²) in [5.74, 6) is -1.48. The molecule has 0 bridgehead atoms. The molecule has 0 aliphatic carbocycles. The predicted molar refractivity (Wildman–Crippen MR) is 144 cm³/mol. The first-order chi connectivity index (χ1) is 17.3. The van der Waals surface area contributed by atoms with Crippen molar-refractivity contribution in [3.8, 4) is 5.75 Å². The number of amides is 1. The Balaban J connectivity index is 1.92. The number of ketones is 1. The molecule has 0 aromatic heterocycles. The molecule has 1 unspecified atom stereocenters. The van der Waals surface area contributed by atoms with E-state index in [1.807, 2.05) is 24.3 Å². The second-order valence-corrected chi connectivity index (χ2v) is 9.10. The summed E-state index contributed by atoms with van der Waals surface area (Å²) >= 11 is 12.4. The van der Waals surface area contributed by atoms with Crippen molar-refractivity contribution in [2.45, 2.75) is 19.9 Å². The molecule has 4 rings (SSSR count). The normalized spacial score (nSPS) is 16.9. The highest BCUT2D eigenvalue weighted by Crippen LogP contribution is 2.43. The summed E-state index contributed by atoms with van der Waals surface area (Å²) < 4.78 is 5.27. The number of nitrogens with zero attached hydrogens (tertiary/aromatic N) is 2. The SMILES string of the molecule is CCN(CC)c1ccc(C2/C(=C(\O)c3cc(OC)ccc3Cl)C(=O)C(=O)N2c2ccc(Cl)cc2)cc1. The fraction of sp³-hybridized carbons (Fsp3) is 0.214. The molecule has 1 amide bonds. The van der Waals surface area contributed by atoms with Gasteiger partial charge in [0.15, 0.2) is 0 Å². The molecule has 6 nitrogen and oxygen atoms in total. The molecule has 3 aromatic carbocycles. The highest BCUT2D eigenvalue weighted by molar-refractivity contribution is 6.52. The molecule has 1 fully saturated rings. The zero-order chi connectivity index (χ0) is 26.0. The van der Waals surface area contributed by atoms with Crippen molar-refractivity contribution in [2.75, 3.05) is 30.0 Å². The van der Waals surface area contributed by atoms with Gasteiger partial charge in [0.25, 0.3) is 11.7 Å². The molecule has 0 spiro atoms. The molecule has 0 saturated carbocycles. The molecule has 8 heteroatoms. The number of ether oxygens (including phenoxy) is 1. The molecule has 1 saturated heterocycles. The standard InChI is InChI=1S/C28H26Cl2N2O4/c1-4-31(5-2)19-10-6-17(7-11-19)25-24(26(33)22-16-21(36-3)14-15-23(22)30)27(34)28(35)32(25)20-12-8-18(29)9-13-20/h6-16,25,33H,4-5H2,1-3H3/b26-24+. The van der Waals surface area contributed by atoms with E-state index in [4.69, 9.17) is 27.9 Å². The molecule has 1 atom stereocenters. The Labute approximate surface area is 220 Å². The molecule has 1 heterocycles. The Bertz CT molecular complexity index is 1320. The van der Waals surface area contributed by atoms with Gasteiger partial charge in [-0.25, -0.2) is 0 Å². The van der Waals surface area contributed by atoms with E-state index in [1.54, 1.807) is 36.4 Å². The first kappa shape index (κ1) is 25.6. The number of halogens is 2. The Kier molecular flexibility index (Phi) is 7.57. The van der Waals surface area contributed by atoms with E-state index in [0.29, 0.717) is 22.0 Å². The molecule has 3 aromatic rings. The number of anilines is 2. The van der Waals surface area contributed by atoms with Crippen LogP contribution in [-0.2, 0) is 9.59 Å². The molecular formula is C28H26Cl2N2O4. The van der Waals surface area contributed by atoms with Crippen molar-refractivity contribution in [1.82, 2.24) is 0 Å². The van der Waals surface area contributed by atoms with Crippen LogP contribution in [-0.4, -0.2) is 37.0 Å². The molecule has 36 heavy (non-hydrogen) atoms. The van der Waals surface area contributed by atoms with Crippen LogP contribution in [0.4, 0.5) is 11.4 Å². The van der Waals surface area contributed by atoms with Gasteiger partial charge < -0.3 is 14.7 Å². The van der Waals surface area contributed by atoms with Gasteiger partial charge in [-0.1, -0.05) is 35.3 Å². The van der Waals surface area contributed by atoms with E-state index in [2.05, 4.69) is 18.7 Å². The van der Waals surface area contributed by atoms with Gasteiger partial charge in [-0.15, -0.1) is 0 Å². The van der Waals surface area contributed by atoms with Gasteiger partial charge in [-0.3, -0.25) is 14.5 Å². The summed E-state index contributed by atoms with van der Waals surface area (Å²) in [5, 5.41) is 12.1. The number of benzene rings is 3. The first-order valence-electron chi connectivity index (χ1n) is 11.6. The van der Waals surface area contributed by atoms with Gasteiger partial charge in [-0.05, 0) is 74.0 Å². The van der Waals surface area contributed by atoms with E-state index >= 15 is 0 Å². The van der Waals surface area contributed by atoms with Gasteiger partial charge in [-0.2, -0.15) is 0 Å². The second-order valence-electron chi connectivity index (χ2n) is 8.26. The number of aliphatic hydroxyl groups is 1. The first-order valence-corrected chi connectivity index (χ1v) is 12.3. The number of rotatable bonds is 7. The monoisotopic (exact) mass is 524 g/mol. The molecule has 1 N–H and O–H groups in total. The van der Waals surface area contributed by atoms with E-state index in [9.17, 15) is 14.7 Å². The molecule has 1 aliphatic heterocycles. The van der Waals surface area contributed by atoms with Crippen LogP contribution in [0, 0.1) is 0 Å². The van der Waals surface area contributed by atoms with Crippen molar-refractivity contribution in [2.24, 2.45) is 0 Å². The Morgan fingerprint density at radius 1 is 0.972 bits per heavy atom. The van der Waals surface area contributed by atoms with Gasteiger partial charge in [0.05, 0.1) is 23.7 Å². The number of carbonyl (C=O) groups excluding carboxylic acids is 2. The smallest absolute Gasteiger partial charge is 0.300 e. The highest BCUT2D eigenvalue weighted by Gasteiger charge is 2.47. The maximum absolute atomic E-state index is 13.4. The van der Waals surface area contributed by atoms with Crippen molar-refractivity contribution < 1.29 is 19.4 Å². The third kappa shape index (κ3) is 4.66. The number of hydrogen-bond donors (Lipinski definition) is 1. The zero-order valence-electron chi connectivity index (χ0n) is 20.2. The Hall–Kier alpha value is -3.48. The third-order valence-electron chi connectivity index (χ3n) is 6.32. The minimum absolute atomic E-state index is 0.0549. The Morgan fingerprint density at radius 3 is 2.19 bits per heavy atom. The van der Waals surface area contributed by atoms with Crippen LogP contribution in [0.25, 0.3) is 5.76 Å². The summed E-state index contributed by atoms with van der Waals surface area (Å²) in [5.41, 5.74) is 2.31. The summed E-state index contributed by atoms with van der Waals surface area (Å²) in [7, 11) is 1.49. The third-order valence-corrected chi connectivity index (χ3v) is 6.90. The molecule has 0 radical (unpaired) electrons. The number of methoxy groups -OCH3 is 1. The maximum atomic E-state index is 13.4. The highest BCUT2D eigenvalue weighted by atomic mass is 35.5. The van der Waals surface area contributed by atoms with Crippen LogP contribution in [0.5, 0.6) is 5.75 Å². The minimum Gasteiger partial charge on any atom is -0.507 e. The lowest BCUT2D eigenvalue weighted by Crippen LogP contribution is -2.29. The minimum atomic E-state index is -0.876. The average Bonchev–Trinajstić information content (AvgIpc) is 3.16. The van der Waals surface area contributed by atoms with Crippen molar-refractivity contribution >= 4 is 52.0 Å². The van der Waals surface area contributed by atoms with Gasteiger partial charge >= 0.3 is 0 Å². The lowest BCUT2D eigenvalue weighted by molar-refractivity contribution is -0.132. The topological polar surface area (TPSA) is 70.1 Å². The van der Waals surface area contributed by atoms with Crippen LogP contribution >= 0.6 is 23.2 Å². The predicted octanol–water partition coefficient (Wildman–Crippen LogP) is 6.47. The summed E-state index contributed by atoms with van der Waals surface area (Å²) in [6.45, 7) is 5.83. The summed E-state index contributed by atoms with van der Waals surface area (Å²) in [6.07, 6.45) is 0. The maximum Gasteiger partial charge on any atom is 0.300 e. The van der Waals surface area contributed by atoms with Gasteiger partial charge in [0.1, 0.15) is 11.5 Å². The van der Waals surface area contributed by atoms with Gasteiger partial charge in [0.2, 0.25) is 0 Å². The van der Waals surface area contributed by atoms with Crippen LogP contribution < -0.4 is 14.5 Å². The van der Waals surface area contributed by atoms with E-state index in [0.717, 1.165) is 18.8 Å². The number of aliphatic hydroxyl groups excluding tert-OH is 1. The lowest BCUT2D eigenvalue weighted by Gasteiger charge is -2.27. The zero-order valence-corrected chi connectivity index (χ0v) is 21.7. The second kappa shape index (κ2) is 10.6. The molecule has 186 valence electrons. The Morgan fingerprint density at radius 2 is 1.61 bits per heavy atom. The molecule has 1 aliphatic rings. The van der Waals surface area contributed by atoms with Crippen LogP contribution in [0.1, 0.15) is 31.0 Å². The summed E-state index contributed by atoms with van der Waals surface area (Å²) in [6, 6.07) is 18.1. The van der Waals surface area contributed by atoms with E-state index in [-0.39, 0.29) is 21.9 Å². The number of hydrogen-bond acceptors (Lipinski definition) is 5. The fourth-order valence-electron chi connectivity index (χ4n) is 4.43. The fourth-order valence-corrected chi connectivity index (χ4v) is 4.76.